The van der Waals surface area contributed by atoms with Crippen molar-refractivity contribution in [2.45, 2.75) is 207 Å². The zero-order valence-electron chi connectivity index (χ0n) is 26.3. The molecule has 0 aliphatic carbocycles. The number of carbonyl (C=O) groups excluding carboxylic acids is 1. The van der Waals surface area contributed by atoms with E-state index in [0.29, 0.717) is 6.61 Å². The average molecular weight is 523 g/mol. The quantitative estimate of drug-likeness (QED) is 0.0692. The molecule has 37 heavy (non-hydrogen) atoms. The van der Waals surface area contributed by atoms with E-state index in [0.717, 1.165) is 19.3 Å². The number of esters is 1. The minimum absolute atomic E-state index is 0.0885. The Morgan fingerprint density at radius 2 is 0.703 bits per heavy atom. The van der Waals surface area contributed by atoms with Crippen LogP contribution < -0.4 is 0 Å². The van der Waals surface area contributed by atoms with E-state index in [1.165, 1.54) is 161 Å². The Hall–Kier alpha value is -0.530. The van der Waals surface area contributed by atoms with Gasteiger partial charge in [0.1, 0.15) is 0 Å². The third-order valence-electron chi connectivity index (χ3n) is 8.39. The van der Waals surface area contributed by atoms with Gasteiger partial charge in [-0.05, 0) is 26.2 Å². The van der Waals surface area contributed by atoms with E-state index in [9.17, 15) is 4.79 Å². The van der Waals surface area contributed by atoms with Crippen molar-refractivity contribution >= 4 is 5.97 Å². The maximum absolute atomic E-state index is 13.1. The SMILES string of the molecule is CCCCCCCCCCCCCCOC(=O)C(C)(CCCCCCC)CCCCCCCCCCC. The summed E-state index contributed by atoms with van der Waals surface area (Å²) in [5.74, 6) is 0.0885. The minimum atomic E-state index is -0.273. The van der Waals surface area contributed by atoms with Gasteiger partial charge in [-0.1, -0.05) is 181 Å². The lowest BCUT2D eigenvalue weighted by Gasteiger charge is -2.27. The molecule has 0 rings (SSSR count). The molecular formula is C35H70O2. The van der Waals surface area contributed by atoms with E-state index in [1.807, 2.05) is 0 Å². The summed E-state index contributed by atoms with van der Waals surface area (Å²) in [6, 6.07) is 0. The number of ether oxygens (including phenoxy) is 1. The molecule has 0 saturated carbocycles. The van der Waals surface area contributed by atoms with Gasteiger partial charge in [0, 0.05) is 0 Å². The molecule has 0 aromatic carbocycles. The van der Waals surface area contributed by atoms with Crippen molar-refractivity contribution in [3.8, 4) is 0 Å². The summed E-state index contributed by atoms with van der Waals surface area (Å²) in [6.45, 7) is 9.65. The van der Waals surface area contributed by atoms with Gasteiger partial charge >= 0.3 is 5.97 Å². The second-order valence-electron chi connectivity index (χ2n) is 12.3. The zero-order valence-corrected chi connectivity index (χ0v) is 26.3. The van der Waals surface area contributed by atoms with Crippen LogP contribution in [0.3, 0.4) is 0 Å². The highest BCUT2D eigenvalue weighted by atomic mass is 16.5. The lowest BCUT2D eigenvalue weighted by atomic mass is 9.79. The van der Waals surface area contributed by atoms with Crippen molar-refractivity contribution in [1.82, 2.24) is 0 Å². The highest BCUT2D eigenvalue weighted by molar-refractivity contribution is 5.76. The number of carbonyl (C=O) groups is 1. The molecule has 0 fully saturated rings. The maximum Gasteiger partial charge on any atom is 0.311 e. The Labute approximate surface area is 234 Å². The summed E-state index contributed by atoms with van der Waals surface area (Å²) in [5, 5.41) is 0. The Bertz CT molecular complexity index is 460. The predicted molar refractivity (Wildman–Crippen MR) is 165 cm³/mol. The minimum Gasteiger partial charge on any atom is -0.465 e. The molecule has 0 aromatic heterocycles. The van der Waals surface area contributed by atoms with Gasteiger partial charge in [-0.3, -0.25) is 4.79 Å². The molecular weight excluding hydrogens is 452 g/mol. The monoisotopic (exact) mass is 523 g/mol. The summed E-state index contributed by atoms with van der Waals surface area (Å²) < 4.78 is 5.87. The first kappa shape index (κ1) is 36.5. The second kappa shape index (κ2) is 28.5. The van der Waals surface area contributed by atoms with E-state index in [2.05, 4.69) is 27.7 Å². The smallest absolute Gasteiger partial charge is 0.311 e. The highest BCUT2D eigenvalue weighted by Gasteiger charge is 2.33. The van der Waals surface area contributed by atoms with Crippen LogP contribution in [0.5, 0.6) is 0 Å². The van der Waals surface area contributed by atoms with Crippen LogP contribution in [-0.4, -0.2) is 12.6 Å². The van der Waals surface area contributed by atoms with E-state index >= 15 is 0 Å². The lowest BCUT2D eigenvalue weighted by molar-refractivity contribution is -0.156. The van der Waals surface area contributed by atoms with Crippen molar-refractivity contribution in [3.63, 3.8) is 0 Å². The molecule has 0 radical (unpaired) electrons. The number of unbranched alkanes of at least 4 members (excludes halogenated alkanes) is 23. The summed E-state index contributed by atoms with van der Waals surface area (Å²) in [5.41, 5.74) is -0.273. The molecule has 0 aromatic rings. The Morgan fingerprint density at radius 3 is 1.03 bits per heavy atom. The van der Waals surface area contributed by atoms with Gasteiger partial charge in [-0.25, -0.2) is 0 Å². The molecule has 2 nitrogen and oxygen atoms in total. The first-order valence-corrected chi connectivity index (χ1v) is 17.3. The molecule has 1 unspecified atom stereocenters. The molecule has 0 aliphatic rings. The third-order valence-corrected chi connectivity index (χ3v) is 8.39. The van der Waals surface area contributed by atoms with Gasteiger partial charge in [-0.15, -0.1) is 0 Å². The Morgan fingerprint density at radius 1 is 0.432 bits per heavy atom. The molecule has 0 N–H and O–H groups in total. The fourth-order valence-corrected chi connectivity index (χ4v) is 5.56. The Balaban J connectivity index is 4.06. The lowest BCUT2D eigenvalue weighted by Crippen LogP contribution is -2.30. The summed E-state index contributed by atoms with van der Waals surface area (Å²) in [4.78, 5) is 13.1. The van der Waals surface area contributed by atoms with Crippen LogP contribution in [-0.2, 0) is 9.53 Å². The van der Waals surface area contributed by atoms with Crippen molar-refractivity contribution < 1.29 is 9.53 Å². The predicted octanol–water partition coefficient (Wildman–Crippen LogP) is 12.5. The zero-order chi connectivity index (χ0) is 27.3. The highest BCUT2D eigenvalue weighted by Crippen LogP contribution is 2.33. The molecule has 0 aliphatic heterocycles. The molecule has 222 valence electrons. The van der Waals surface area contributed by atoms with E-state index in [1.54, 1.807) is 0 Å². The average Bonchev–Trinajstić information content (AvgIpc) is 2.90. The third kappa shape index (κ3) is 24.3. The first-order chi connectivity index (χ1) is 18.1. The summed E-state index contributed by atoms with van der Waals surface area (Å²) in [7, 11) is 0. The number of hydrogen-bond acceptors (Lipinski definition) is 2. The summed E-state index contributed by atoms with van der Waals surface area (Å²) >= 11 is 0. The van der Waals surface area contributed by atoms with Gasteiger partial charge in [0.15, 0.2) is 0 Å². The normalized spacial score (nSPS) is 13.1. The molecule has 0 spiro atoms. The van der Waals surface area contributed by atoms with Crippen molar-refractivity contribution in [2.75, 3.05) is 6.61 Å². The van der Waals surface area contributed by atoms with Gasteiger partial charge in [0.25, 0.3) is 0 Å². The van der Waals surface area contributed by atoms with Gasteiger partial charge in [0.2, 0.25) is 0 Å². The fourth-order valence-electron chi connectivity index (χ4n) is 5.56. The second-order valence-corrected chi connectivity index (χ2v) is 12.3. The molecule has 0 heterocycles. The standard InChI is InChI=1S/C35H70O2/c1-5-8-11-14-16-18-19-20-22-24-27-30-33-37-34(36)35(4,31-28-25-13-10-7-3)32-29-26-23-21-17-15-12-9-6-2/h5-33H2,1-4H3. The molecule has 0 bridgehead atoms. The van der Waals surface area contributed by atoms with E-state index in [4.69, 9.17) is 4.74 Å². The molecule has 0 saturated heterocycles. The van der Waals surface area contributed by atoms with Crippen LogP contribution in [0, 0.1) is 5.41 Å². The van der Waals surface area contributed by atoms with Crippen LogP contribution in [0.15, 0.2) is 0 Å². The van der Waals surface area contributed by atoms with Gasteiger partial charge < -0.3 is 4.74 Å². The van der Waals surface area contributed by atoms with Gasteiger partial charge in [0.05, 0.1) is 12.0 Å². The maximum atomic E-state index is 13.1. The van der Waals surface area contributed by atoms with Crippen molar-refractivity contribution in [3.05, 3.63) is 0 Å². The van der Waals surface area contributed by atoms with E-state index in [-0.39, 0.29) is 11.4 Å². The van der Waals surface area contributed by atoms with Crippen LogP contribution >= 0.6 is 0 Å². The van der Waals surface area contributed by atoms with Crippen molar-refractivity contribution in [1.29, 1.82) is 0 Å². The number of rotatable bonds is 30. The molecule has 1 atom stereocenters. The summed E-state index contributed by atoms with van der Waals surface area (Å²) in [6.07, 6.45) is 36.4. The topological polar surface area (TPSA) is 26.3 Å². The van der Waals surface area contributed by atoms with Crippen LogP contribution in [0.25, 0.3) is 0 Å². The Kier molecular flexibility index (Phi) is 28.1. The van der Waals surface area contributed by atoms with E-state index < -0.39 is 0 Å². The van der Waals surface area contributed by atoms with Crippen LogP contribution in [0.4, 0.5) is 0 Å². The largest absolute Gasteiger partial charge is 0.465 e. The van der Waals surface area contributed by atoms with Crippen LogP contribution in [0.1, 0.15) is 207 Å². The fraction of sp³-hybridized carbons (Fsp3) is 0.971. The van der Waals surface area contributed by atoms with Crippen molar-refractivity contribution in [2.24, 2.45) is 5.41 Å². The van der Waals surface area contributed by atoms with Gasteiger partial charge in [-0.2, -0.15) is 0 Å². The molecule has 2 heteroatoms. The van der Waals surface area contributed by atoms with Crippen LogP contribution in [0.2, 0.25) is 0 Å². The molecule has 0 amide bonds. The first-order valence-electron chi connectivity index (χ1n) is 17.3. The number of hydrogen-bond donors (Lipinski definition) is 0.